The van der Waals surface area contributed by atoms with Crippen LogP contribution in [0.5, 0.6) is 5.75 Å². The highest BCUT2D eigenvalue weighted by Gasteiger charge is 2.24. The van der Waals surface area contributed by atoms with Gasteiger partial charge in [-0.1, -0.05) is 39.0 Å². The largest absolute Gasteiger partial charge is 0.492 e. The Balaban J connectivity index is 1.72. The van der Waals surface area contributed by atoms with Gasteiger partial charge in [0.25, 0.3) is 5.91 Å². The van der Waals surface area contributed by atoms with Crippen LogP contribution in [-0.4, -0.2) is 63.5 Å². The Labute approximate surface area is 218 Å². The number of sulfonamides is 1. The highest BCUT2D eigenvalue weighted by atomic mass is 32.2. The molecule has 2 heterocycles. The first kappa shape index (κ1) is 27.0. The molecular weight excluding hydrogens is 492 g/mol. The maximum Gasteiger partial charge on any atom is 0.272 e. The van der Waals surface area contributed by atoms with Crippen molar-refractivity contribution in [3.63, 3.8) is 0 Å². The van der Waals surface area contributed by atoms with Crippen molar-refractivity contribution in [3.05, 3.63) is 53.2 Å². The minimum atomic E-state index is -3.57. The van der Waals surface area contributed by atoms with Crippen LogP contribution in [0.3, 0.4) is 0 Å². The van der Waals surface area contributed by atoms with E-state index in [1.807, 2.05) is 56.7 Å². The maximum atomic E-state index is 13.6. The summed E-state index contributed by atoms with van der Waals surface area (Å²) in [4.78, 5) is 15.9. The van der Waals surface area contributed by atoms with Crippen LogP contribution in [0.1, 0.15) is 42.4 Å². The number of fused-ring (bicyclic) bond motifs is 1. The van der Waals surface area contributed by atoms with Crippen molar-refractivity contribution in [1.29, 1.82) is 0 Å². The van der Waals surface area contributed by atoms with E-state index >= 15 is 0 Å². The Morgan fingerprint density at radius 2 is 1.78 bits per heavy atom. The molecule has 2 N–H and O–H groups in total. The first-order valence-corrected chi connectivity index (χ1v) is 14.2. The van der Waals surface area contributed by atoms with Crippen LogP contribution in [0.25, 0.3) is 10.9 Å². The standard InChI is InChI=1S/C27H36N4O5S/c1-27(2,3)20-15-21(25(35-5)22(16-20)29-37(6,33)34)28-26(32)23-14-18-8-7-9-19(24(18)30(23)4)17-31-10-12-36-13-11-31/h7-9,14-16,29H,10-13,17H2,1-6H3,(H,28,32). The molecule has 0 saturated carbocycles. The number of anilines is 2. The smallest absolute Gasteiger partial charge is 0.272 e. The molecule has 10 heteroatoms. The van der Waals surface area contributed by atoms with Crippen molar-refractivity contribution in [2.45, 2.75) is 32.7 Å². The lowest BCUT2D eigenvalue weighted by molar-refractivity contribution is 0.0343. The molecular formula is C27H36N4O5S. The molecule has 200 valence electrons. The molecule has 9 nitrogen and oxygen atoms in total. The van der Waals surface area contributed by atoms with E-state index in [1.165, 1.54) is 7.11 Å². The molecule has 1 fully saturated rings. The molecule has 0 bridgehead atoms. The lowest BCUT2D eigenvalue weighted by Crippen LogP contribution is -2.35. The number of hydrogen-bond acceptors (Lipinski definition) is 6. The van der Waals surface area contributed by atoms with Gasteiger partial charge in [-0.2, -0.15) is 0 Å². The summed E-state index contributed by atoms with van der Waals surface area (Å²) in [5.41, 5.74) is 3.86. The molecule has 0 aliphatic carbocycles. The predicted octanol–water partition coefficient (Wildman–Crippen LogP) is 3.94. The number of amides is 1. The molecule has 1 aromatic heterocycles. The molecule has 3 aromatic rings. The number of carbonyl (C=O) groups is 1. The van der Waals surface area contributed by atoms with E-state index in [0.29, 0.717) is 11.4 Å². The molecule has 1 saturated heterocycles. The third-order valence-electron chi connectivity index (χ3n) is 6.57. The van der Waals surface area contributed by atoms with Gasteiger partial charge in [0.2, 0.25) is 10.0 Å². The number of methoxy groups -OCH3 is 1. The quantitative estimate of drug-likeness (QED) is 0.482. The van der Waals surface area contributed by atoms with Gasteiger partial charge in [0.1, 0.15) is 5.69 Å². The highest BCUT2D eigenvalue weighted by Crippen LogP contribution is 2.39. The fourth-order valence-corrected chi connectivity index (χ4v) is 5.23. The highest BCUT2D eigenvalue weighted by molar-refractivity contribution is 7.92. The number of para-hydroxylation sites is 1. The lowest BCUT2D eigenvalue weighted by atomic mass is 9.86. The summed E-state index contributed by atoms with van der Waals surface area (Å²) in [7, 11) is -0.232. The third-order valence-corrected chi connectivity index (χ3v) is 7.16. The fraction of sp³-hybridized carbons (Fsp3) is 0.444. The van der Waals surface area contributed by atoms with Crippen LogP contribution >= 0.6 is 0 Å². The minimum Gasteiger partial charge on any atom is -0.492 e. The molecule has 1 aliphatic rings. The summed E-state index contributed by atoms with van der Waals surface area (Å²) in [6.07, 6.45) is 1.08. The van der Waals surface area contributed by atoms with Gasteiger partial charge in [-0.15, -0.1) is 0 Å². The van der Waals surface area contributed by atoms with Gasteiger partial charge >= 0.3 is 0 Å². The lowest BCUT2D eigenvalue weighted by Gasteiger charge is -2.27. The monoisotopic (exact) mass is 528 g/mol. The molecule has 0 atom stereocenters. The molecule has 4 rings (SSSR count). The molecule has 2 aromatic carbocycles. The molecule has 1 aliphatic heterocycles. The topological polar surface area (TPSA) is 102 Å². The summed E-state index contributed by atoms with van der Waals surface area (Å²) in [5.74, 6) is -0.0655. The molecule has 1 amide bonds. The Bertz CT molecular complexity index is 1420. The van der Waals surface area contributed by atoms with Gasteiger partial charge in [-0.25, -0.2) is 8.42 Å². The zero-order chi connectivity index (χ0) is 27.0. The summed E-state index contributed by atoms with van der Waals surface area (Å²) in [6.45, 7) is 10.0. The van der Waals surface area contributed by atoms with E-state index in [2.05, 4.69) is 21.0 Å². The molecule has 0 radical (unpaired) electrons. The van der Waals surface area contributed by atoms with Gasteiger partial charge in [-0.05, 0) is 34.7 Å². The van der Waals surface area contributed by atoms with Gasteiger partial charge in [0, 0.05) is 32.1 Å². The number of carbonyl (C=O) groups excluding carboxylic acids is 1. The van der Waals surface area contributed by atoms with Crippen molar-refractivity contribution >= 4 is 38.2 Å². The Morgan fingerprint density at radius 1 is 1.11 bits per heavy atom. The van der Waals surface area contributed by atoms with Crippen molar-refractivity contribution in [1.82, 2.24) is 9.47 Å². The Kier molecular flexibility index (Phi) is 7.55. The number of benzene rings is 2. The average molecular weight is 529 g/mol. The van der Waals surface area contributed by atoms with Crippen LogP contribution in [0.15, 0.2) is 36.4 Å². The fourth-order valence-electron chi connectivity index (χ4n) is 4.68. The number of rotatable bonds is 7. The summed E-state index contributed by atoms with van der Waals surface area (Å²) >= 11 is 0. The number of nitrogens with one attached hydrogen (secondary N) is 2. The van der Waals surface area contributed by atoms with Crippen molar-refractivity contribution in [2.24, 2.45) is 7.05 Å². The minimum absolute atomic E-state index is 0.249. The molecule has 0 spiro atoms. The van der Waals surface area contributed by atoms with Gasteiger partial charge in [-0.3, -0.25) is 14.4 Å². The van der Waals surface area contributed by atoms with Crippen LogP contribution in [-0.2, 0) is 33.8 Å². The van der Waals surface area contributed by atoms with Gasteiger partial charge in [0.15, 0.2) is 5.75 Å². The number of hydrogen-bond donors (Lipinski definition) is 2. The van der Waals surface area contributed by atoms with Crippen LogP contribution in [0.4, 0.5) is 11.4 Å². The number of aromatic nitrogens is 1. The SMILES string of the molecule is COc1c(NC(=O)c2cc3cccc(CN4CCOCC4)c3n2C)cc(C(C)(C)C)cc1NS(C)(=O)=O. The summed E-state index contributed by atoms with van der Waals surface area (Å²) in [5, 5.41) is 3.95. The number of morpholine rings is 1. The van der Waals surface area contributed by atoms with Crippen molar-refractivity contribution in [2.75, 3.05) is 49.7 Å². The average Bonchev–Trinajstić information content (AvgIpc) is 3.15. The normalized spacial score (nSPS) is 15.1. The second-order valence-corrected chi connectivity index (χ2v) is 12.3. The number of aryl methyl sites for hydroxylation is 1. The Morgan fingerprint density at radius 3 is 2.41 bits per heavy atom. The molecule has 37 heavy (non-hydrogen) atoms. The summed E-state index contributed by atoms with van der Waals surface area (Å²) < 4.78 is 39.5. The van der Waals surface area contributed by atoms with Gasteiger partial charge < -0.3 is 19.4 Å². The third kappa shape index (κ3) is 6.08. The van der Waals surface area contributed by atoms with E-state index in [9.17, 15) is 13.2 Å². The number of ether oxygens (including phenoxy) is 2. The molecule has 0 unspecified atom stereocenters. The van der Waals surface area contributed by atoms with E-state index in [1.54, 1.807) is 6.07 Å². The Hall–Kier alpha value is -3.08. The second kappa shape index (κ2) is 10.4. The van der Waals surface area contributed by atoms with E-state index < -0.39 is 10.0 Å². The van der Waals surface area contributed by atoms with Crippen molar-refractivity contribution < 1.29 is 22.7 Å². The zero-order valence-electron chi connectivity index (χ0n) is 22.3. The van der Waals surface area contributed by atoms with Crippen LogP contribution in [0, 0.1) is 0 Å². The maximum absolute atomic E-state index is 13.6. The first-order valence-electron chi connectivity index (χ1n) is 12.3. The van der Waals surface area contributed by atoms with E-state index in [0.717, 1.165) is 61.1 Å². The van der Waals surface area contributed by atoms with Crippen LogP contribution in [0.2, 0.25) is 0 Å². The van der Waals surface area contributed by atoms with E-state index in [4.69, 9.17) is 9.47 Å². The van der Waals surface area contributed by atoms with Crippen LogP contribution < -0.4 is 14.8 Å². The van der Waals surface area contributed by atoms with E-state index in [-0.39, 0.29) is 22.8 Å². The first-order chi connectivity index (χ1) is 17.4. The summed E-state index contributed by atoms with van der Waals surface area (Å²) in [6, 6.07) is 11.6. The predicted molar refractivity (Wildman–Crippen MR) is 147 cm³/mol. The second-order valence-electron chi connectivity index (χ2n) is 10.5. The van der Waals surface area contributed by atoms with Gasteiger partial charge in [0.05, 0.1) is 43.5 Å². The zero-order valence-corrected chi connectivity index (χ0v) is 23.2. The number of nitrogens with zero attached hydrogens (tertiary/aromatic N) is 2. The van der Waals surface area contributed by atoms with Crippen molar-refractivity contribution in [3.8, 4) is 5.75 Å².